The molecule has 0 aliphatic rings. The molecule has 0 aromatic carbocycles. The first-order valence-corrected chi connectivity index (χ1v) is 5.10. The van der Waals surface area contributed by atoms with E-state index in [2.05, 4.69) is 10.1 Å². The van der Waals surface area contributed by atoms with Crippen LogP contribution in [0.1, 0.15) is 6.42 Å². The number of amides is 1. The van der Waals surface area contributed by atoms with Gasteiger partial charge >= 0.3 is 0 Å². The van der Waals surface area contributed by atoms with Crippen molar-refractivity contribution < 1.29 is 15.0 Å². The average molecular weight is 228 g/mol. The van der Waals surface area contributed by atoms with Crippen molar-refractivity contribution in [3.63, 3.8) is 0 Å². The minimum absolute atomic E-state index is 0.102. The van der Waals surface area contributed by atoms with Crippen LogP contribution in [0.4, 0.5) is 0 Å². The first-order valence-electron chi connectivity index (χ1n) is 5.10. The predicted molar refractivity (Wildman–Crippen MR) is 55.4 cm³/mol. The van der Waals surface area contributed by atoms with Gasteiger partial charge in [-0.25, -0.2) is 4.98 Å². The summed E-state index contributed by atoms with van der Waals surface area (Å²) in [6, 6.07) is 0. The summed E-state index contributed by atoms with van der Waals surface area (Å²) in [5.41, 5.74) is 0. The zero-order valence-corrected chi connectivity index (χ0v) is 8.99. The molecular formula is C9H16N4O3. The Balaban J connectivity index is 2.36. The van der Waals surface area contributed by atoms with Gasteiger partial charge in [-0.1, -0.05) is 0 Å². The van der Waals surface area contributed by atoms with Gasteiger partial charge in [0.2, 0.25) is 5.91 Å². The molecule has 0 radical (unpaired) electrons. The van der Waals surface area contributed by atoms with Gasteiger partial charge in [-0.3, -0.25) is 9.48 Å². The van der Waals surface area contributed by atoms with Crippen LogP contribution in [0.3, 0.4) is 0 Å². The van der Waals surface area contributed by atoms with E-state index >= 15 is 0 Å². The fraction of sp³-hybridized carbons (Fsp3) is 0.667. The molecule has 90 valence electrons. The van der Waals surface area contributed by atoms with E-state index in [1.165, 1.54) is 17.6 Å². The van der Waals surface area contributed by atoms with E-state index in [-0.39, 0.29) is 38.6 Å². The van der Waals surface area contributed by atoms with Crippen LogP contribution in [0, 0.1) is 0 Å². The van der Waals surface area contributed by atoms with Gasteiger partial charge in [0.25, 0.3) is 0 Å². The van der Waals surface area contributed by atoms with Crippen molar-refractivity contribution in [2.45, 2.75) is 13.0 Å². The van der Waals surface area contributed by atoms with Gasteiger partial charge in [0, 0.05) is 19.5 Å². The first kappa shape index (κ1) is 12.6. The van der Waals surface area contributed by atoms with Gasteiger partial charge in [0.1, 0.15) is 12.7 Å². The lowest BCUT2D eigenvalue weighted by atomic mass is 10.3. The third-order valence-corrected chi connectivity index (χ3v) is 2.11. The van der Waals surface area contributed by atoms with Crippen molar-refractivity contribution in [2.75, 3.05) is 26.3 Å². The molecule has 1 amide bonds. The summed E-state index contributed by atoms with van der Waals surface area (Å²) in [7, 11) is 0. The molecule has 1 heterocycles. The van der Waals surface area contributed by atoms with Gasteiger partial charge in [0.05, 0.1) is 19.8 Å². The van der Waals surface area contributed by atoms with Crippen LogP contribution in [0.5, 0.6) is 0 Å². The molecule has 0 saturated carbocycles. The number of carbonyl (C=O) groups excluding carboxylic acids is 1. The number of aliphatic hydroxyl groups excluding tert-OH is 2. The summed E-state index contributed by atoms with van der Waals surface area (Å²) in [6.45, 7) is 0.740. The molecule has 0 aliphatic heterocycles. The molecule has 2 N–H and O–H groups in total. The van der Waals surface area contributed by atoms with E-state index in [1.807, 2.05) is 0 Å². The van der Waals surface area contributed by atoms with Crippen LogP contribution in [-0.2, 0) is 11.3 Å². The second-order valence-electron chi connectivity index (χ2n) is 3.24. The highest BCUT2D eigenvalue weighted by Gasteiger charge is 2.12. The van der Waals surface area contributed by atoms with Crippen LogP contribution in [0.2, 0.25) is 0 Å². The molecule has 1 aromatic rings. The molecule has 0 aliphatic carbocycles. The SMILES string of the molecule is O=C(CCn1cncn1)N(CCO)CCO. The van der Waals surface area contributed by atoms with E-state index in [4.69, 9.17) is 10.2 Å². The van der Waals surface area contributed by atoms with E-state index < -0.39 is 0 Å². The van der Waals surface area contributed by atoms with E-state index in [9.17, 15) is 4.79 Å². The summed E-state index contributed by atoms with van der Waals surface area (Å²) in [6.07, 6.45) is 3.22. The maximum absolute atomic E-state index is 11.7. The number of aromatic nitrogens is 3. The Bertz CT molecular complexity index is 296. The zero-order chi connectivity index (χ0) is 11.8. The minimum Gasteiger partial charge on any atom is -0.395 e. The summed E-state index contributed by atoms with van der Waals surface area (Å²) in [5, 5.41) is 21.4. The van der Waals surface area contributed by atoms with Gasteiger partial charge < -0.3 is 15.1 Å². The van der Waals surface area contributed by atoms with Crippen LogP contribution < -0.4 is 0 Å². The Morgan fingerprint density at radius 1 is 1.31 bits per heavy atom. The van der Waals surface area contributed by atoms with E-state index in [1.54, 1.807) is 4.68 Å². The third kappa shape index (κ3) is 3.95. The Labute approximate surface area is 93.3 Å². The summed E-state index contributed by atoms with van der Waals surface area (Å²) >= 11 is 0. The molecule has 0 bridgehead atoms. The maximum atomic E-state index is 11.7. The number of aryl methyl sites for hydroxylation is 1. The monoisotopic (exact) mass is 228 g/mol. The van der Waals surface area contributed by atoms with Gasteiger partial charge in [-0.2, -0.15) is 5.10 Å². The first-order chi connectivity index (χ1) is 7.77. The molecule has 0 unspecified atom stereocenters. The van der Waals surface area contributed by atoms with Crippen LogP contribution in [-0.4, -0.2) is 62.1 Å². The normalized spacial score (nSPS) is 10.4. The van der Waals surface area contributed by atoms with Crippen molar-refractivity contribution in [1.82, 2.24) is 19.7 Å². The number of carbonyl (C=O) groups is 1. The van der Waals surface area contributed by atoms with Crippen molar-refractivity contribution in [3.05, 3.63) is 12.7 Å². The lowest BCUT2D eigenvalue weighted by Gasteiger charge is -2.20. The predicted octanol–water partition coefficient (Wildman–Crippen LogP) is -1.52. The molecule has 0 spiro atoms. The Morgan fingerprint density at radius 2 is 2.00 bits per heavy atom. The standard InChI is InChI=1S/C9H16N4O3/c14-5-3-12(4-6-15)9(16)1-2-13-8-10-7-11-13/h7-8,14-15H,1-6H2. The fourth-order valence-corrected chi connectivity index (χ4v) is 1.32. The van der Waals surface area contributed by atoms with Crippen LogP contribution >= 0.6 is 0 Å². The molecule has 1 rings (SSSR count). The van der Waals surface area contributed by atoms with Crippen molar-refractivity contribution >= 4 is 5.91 Å². The molecular weight excluding hydrogens is 212 g/mol. The topological polar surface area (TPSA) is 91.5 Å². The number of hydrogen-bond acceptors (Lipinski definition) is 5. The molecule has 0 atom stereocenters. The number of hydrogen-bond donors (Lipinski definition) is 2. The highest BCUT2D eigenvalue weighted by atomic mass is 16.3. The Kier molecular flexibility index (Phi) is 5.44. The largest absolute Gasteiger partial charge is 0.395 e. The number of rotatable bonds is 7. The van der Waals surface area contributed by atoms with Crippen LogP contribution in [0.15, 0.2) is 12.7 Å². The Hall–Kier alpha value is -1.47. The lowest BCUT2D eigenvalue weighted by Crippen LogP contribution is -2.36. The van der Waals surface area contributed by atoms with E-state index in [0.717, 1.165) is 0 Å². The smallest absolute Gasteiger partial charge is 0.224 e. The molecule has 1 aromatic heterocycles. The van der Waals surface area contributed by atoms with Crippen LogP contribution in [0.25, 0.3) is 0 Å². The maximum Gasteiger partial charge on any atom is 0.224 e. The van der Waals surface area contributed by atoms with Crippen molar-refractivity contribution in [3.8, 4) is 0 Å². The highest BCUT2D eigenvalue weighted by Crippen LogP contribution is 1.96. The summed E-state index contributed by atoms with van der Waals surface area (Å²) < 4.78 is 1.56. The van der Waals surface area contributed by atoms with Gasteiger partial charge in [-0.15, -0.1) is 0 Å². The number of aliphatic hydroxyl groups is 2. The number of nitrogens with zero attached hydrogens (tertiary/aromatic N) is 4. The van der Waals surface area contributed by atoms with Gasteiger partial charge in [0.15, 0.2) is 0 Å². The molecule has 0 saturated heterocycles. The molecule has 7 nitrogen and oxygen atoms in total. The third-order valence-electron chi connectivity index (χ3n) is 2.11. The van der Waals surface area contributed by atoms with Gasteiger partial charge in [-0.05, 0) is 0 Å². The molecule has 7 heteroatoms. The summed E-state index contributed by atoms with van der Waals surface area (Å²) in [4.78, 5) is 16.9. The molecule has 0 fully saturated rings. The molecule has 16 heavy (non-hydrogen) atoms. The second kappa shape index (κ2) is 6.91. The summed E-state index contributed by atoms with van der Waals surface area (Å²) in [5.74, 6) is -0.112. The second-order valence-corrected chi connectivity index (χ2v) is 3.24. The van der Waals surface area contributed by atoms with E-state index in [0.29, 0.717) is 6.54 Å². The zero-order valence-electron chi connectivity index (χ0n) is 8.99. The van der Waals surface area contributed by atoms with Crippen molar-refractivity contribution in [1.29, 1.82) is 0 Å². The fourth-order valence-electron chi connectivity index (χ4n) is 1.32. The minimum atomic E-state index is -0.112. The highest BCUT2D eigenvalue weighted by molar-refractivity contribution is 5.76. The lowest BCUT2D eigenvalue weighted by molar-refractivity contribution is -0.132. The van der Waals surface area contributed by atoms with Crippen molar-refractivity contribution in [2.24, 2.45) is 0 Å². The Morgan fingerprint density at radius 3 is 2.50 bits per heavy atom. The average Bonchev–Trinajstić information content (AvgIpc) is 2.78. The quantitative estimate of drug-likeness (QED) is 0.591.